The van der Waals surface area contributed by atoms with Gasteiger partial charge in [0.05, 0.1) is 26.3 Å². The minimum absolute atomic E-state index is 0.205. The molecule has 0 aliphatic heterocycles. The van der Waals surface area contributed by atoms with Gasteiger partial charge in [0, 0.05) is 6.20 Å². The zero-order valence-corrected chi connectivity index (χ0v) is 7.28. The Morgan fingerprint density at radius 1 is 1.75 bits per heavy atom. The zero-order chi connectivity index (χ0) is 8.97. The summed E-state index contributed by atoms with van der Waals surface area (Å²) in [5.41, 5.74) is 1.10. The van der Waals surface area contributed by atoms with Crippen molar-refractivity contribution >= 4 is 5.97 Å². The van der Waals surface area contributed by atoms with E-state index in [0.29, 0.717) is 13.0 Å². The standard InChI is InChI=1S/C8H12N2O2/c1-7-5-9-10(6-7)4-3-8(11)12-2/h5-6H,3-4H2,1-2H3. The van der Waals surface area contributed by atoms with Gasteiger partial charge in [0.25, 0.3) is 0 Å². The molecule has 0 saturated carbocycles. The highest BCUT2D eigenvalue weighted by Gasteiger charge is 2.00. The number of carbonyl (C=O) groups is 1. The molecule has 1 aromatic rings. The average Bonchev–Trinajstić information content (AvgIpc) is 2.47. The summed E-state index contributed by atoms with van der Waals surface area (Å²) in [5.74, 6) is -0.205. The first-order valence-electron chi connectivity index (χ1n) is 3.78. The molecule has 12 heavy (non-hydrogen) atoms. The highest BCUT2D eigenvalue weighted by Crippen LogP contribution is 1.96. The van der Waals surface area contributed by atoms with Gasteiger partial charge in [-0.05, 0) is 12.5 Å². The summed E-state index contributed by atoms with van der Waals surface area (Å²) in [5, 5.41) is 4.03. The number of aryl methyl sites for hydroxylation is 2. The fourth-order valence-electron chi connectivity index (χ4n) is 0.897. The molecule has 1 aromatic heterocycles. The summed E-state index contributed by atoms with van der Waals surface area (Å²) in [4.78, 5) is 10.7. The number of ether oxygens (including phenoxy) is 1. The Hall–Kier alpha value is -1.32. The largest absolute Gasteiger partial charge is 0.469 e. The van der Waals surface area contributed by atoms with Gasteiger partial charge in [0.15, 0.2) is 0 Å². The van der Waals surface area contributed by atoms with E-state index in [1.165, 1.54) is 7.11 Å². The average molecular weight is 168 g/mol. The minimum atomic E-state index is -0.205. The summed E-state index contributed by atoms with van der Waals surface area (Å²) < 4.78 is 6.23. The first kappa shape index (κ1) is 8.77. The Kier molecular flexibility index (Phi) is 2.85. The highest BCUT2D eigenvalue weighted by molar-refractivity contribution is 5.68. The van der Waals surface area contributed by atoms with Crippen LogP contribution in [0.25, 0.3) is 0 Å². The van der Waals surface area contributed by atoms with Crippen LogP contribution in [0.3, 0.4) is 0 Å². The lowest BCUT2D eigenvalue weighted by atomic mass is 10.4. The predicted molar refractivity (Wildman–Crippen MR) is 43.6 cm³/mol. The first-order valence-corrected chi connectivity index (χ1v) is 3.78. The molecule has 4 heteroatoms. The number of aromatic nitrogens is 2. The monoisotopic (exact) mass is 168 g/mol. The number of methoxy groups -OCH3 is 1. The van der Waals surface area contributed by atoms with E-state index in [4.69, 9.17) is 0 Å². The summed E-state index contributed by atoms with van der Waals surface area (Å²) in [6.07, 6.45) is 4.03. The third kappa shape index (κ3) is 2.38. The second-order valence-electron chi connectivity index (χ2n) is 2.61. The van der Waals surface area contributed by atoms with Crippen LogP contribution in [-0.4, -0.2) is 22.9 Å². The predicted octanol–water partition coefficient (Wildman–Crippen LogP) is 0.755. The maximum Gasteiger partial charge on any atom is 0.307 e. The number of hydrogen-bond donors (Lipinski definition) is 0. The molecule has 0 amide bonds. The van der Waals surface area contributed by atoms with E-state index in [0.717, 1.165) is 5.56 Å². The number of carbonyl (C=O) groups excluding carboxylic acids is 1. The van der Waals surface area contributed by atoms with Crippen LogP contribution in [-0.2, 0) is 16.1 Å². The number of nitrogens with zero attached hydrogens (tertiary/aromatic N) is 2. The molecule has 0 radical (unpaired) electrons. The van der Waals surface area contributed by atoms with E-state index in [2.05, 4.69) is 9.84 Å². The Morgan fingerprint density at radius 3 is 3.00 bits per heavy atom. The van der Waals surface area contributed by atoms with Gasteiger partial charge >= 0.3 is 5.97 Å². The molecule has 66 valence electrons. The van der Waals surface area contributed by atoms with Crippen LogP contribution in [0.5, 0.6) is 0 Å². The van der Waals surface area contributed by atoms with E-state index in [-0.39, 0.29) is 5.97 Å². The van der Waals surface area contributed by atoms with Crippen LogP contribution in [0.1, 0.15) is 12.0 Å². The van der Waals surface area contributed by atoms with Gasteiger partial charge in [-0.25, -0.2) is 0 Å². The molecule has 4 nitrogen and oxygen atoms in total. The Bertz CT molecular complexity index is 268. The first-order chi connectivity index (χ1) is 5.72. The van der Waals surface area contributed by atoms with Crippen LogP contribution in [0, 0.1) is 6.92 Å². The van der Waals surface area contributed by atoms with Crippen LogP contribution in [0.15, 0.2) is 12.4 Å². The molecule has 0 fully saturated rings. The Balaban J connectivity index is 2.38. The number of rotatable bonds is 3. The summed E-state index contributed by atoms with van der Waals surface area (Å²) in [6, 6.07) is 0. The fourth-order valence-corrected chi connectivity index (χ4v) is 0.897. The molecule has 0 saturated heterocycles. The number of esters is 1. The van der Waals surface area contributed by atoms with Crippen LogP contribution < -0.4 is 0 Å². The molecule has 0 N–H and O–H groups in total. The highest BCUT2D eigenvalue weighted by atomic mass is 16.5. The summed E-state index contributed by atoms with van der Waals surface area (Å²) in [7, 11) is 1.39. The van der Waals surface area contributed by atoms with Crippen LogP contribution >= 0.6 is 0 Å². The van der Waals surface area contributed by atoms with E-state index in [1.54, 1.807) is 10.9 Å². The third-order valence-corrected chi connectivity index (χ3v) is 1.54. The normalized spacial score (nSPS) is 9.83. The molecule has 1 heterocycles. The van der Waals surface area contributed by atoms with Crippen LogP contribution in [0.4, 0.5) is 0 Å². The van der Waals surface area contributed by atoms with Crippen molar-refractivity contribution in [2.24, 2.45) is 0 Å². The molecule has 0 spiro atoms. The van der Waals surface area contributed by atoms with Crippen molar-refractivity contribution in [3.63, 3.8) is 0 Å². The molecule has 0 aliphatic rings. The van der Waals surface area contributed by atoms with Crippen molar-refractivity contribution < 1.29 is 9.53 Å². The lowest BCUT2D eigenvalue weighted by Crippen LogP contribution is -2.07. The van der Waals surface area contributed by atoms with Gasteiger partial charge in [0.1, 0.15) is 0 Å². The van der Waals surface area contributed by atoms with E-state index < -0.39 is 0 Å². The summed E-state index contributed by atoms with van der Waals surface area (Å²) >= 11 is 0. The molecule has 0 aliphatic carbocycles. The van der Waals surface area contributed by atoms with Gasteiger partial charge in [-0.15, -0.1) is 0 Å². The molecule has 0 unspecified atom stereocenters. The third-order valence-electron chi connectivity index (χ3n) is 1.54. The minimum Gasteiger partial charge on any atom is -0.469 e. The smallest absolute Gasteiger partial charge is 0.307 e. The lowest BCUT2D eigenvalue weighted by molar-refractivity contribution is -0.140. The van der Waals surface area contributed by atoms with Gasteiger partial charge in [-0.2, -0.15) is 5.10 Å². The topological polar surface area (TPSA) is 44.1 Å². The lowest BCUT2D eigenvalue weighted by Gasteiger charge is -1.98. The van der Waals surface area contributed by atoms with Crippen molar-refractivity contribution in [1.82, 2.24) is 9.78 Å². The summed E-state index contributed by atoms with van der Waals surface area (Å²) in [6.45, 7) is 2.54. The van der Waals surface area contributed by atoms with Gasteiger partial charge < -0.3 is 4.74 Å². The van der Waals surface area contributed by atoms with Crippen molar-refractivity contribution in [2.45, 2.75) is 19.9 Å². The van der Waals surface area contributed by atoms with E-state index >= 15 is 0 Å². The molecule has 0 bridgehead atoms. The maximum absolute atomic E-state index is 10.7. The Morgan fingerprint density at radius 2 is 2.50 bits per heavy atom. The SMILES string of the molecule is COC(=O)CCn1cc(C)cn1. The molecule has 0 aromatic carbocycles. The second-order valence-corrected chi connectivity index (χ2v) is 2.61. The van der Waals surface area contributed by atoms with Crippen molar-refractivity contribution in [3.8, 4) is 0 Å². The zero-order valence-electron chi connectivity index (χ0n) is 7.28. The molecule has 1 rings (SSSR count). The van der Waals surface area contributed by atoms with Gasteiger partial charge in [-0.3, -0.25) is 9.48 Å². The van der Waals surface area contributed by atoms with E-state index in [9.17, 15) is 4.79 Å². The molecule has 0 atom stereocenters. The Labute approximate surface area is 71.1 Å². The fraction of sp³-hybridized carbons (Fsp3) is 0.500. The van der Waals surface area contributed by atoms with Gasteiger partial charge in [-0.1, -0.05) is 0 Å². The maximum atomic E-state index is 10.7. The quantitative estimate of drug-likeness (QED) is 0.626. The molecular formula is C8H12N2O2. The second kappa shape index (κ2) is 3.90. The molecular weight excluding hydrogens is 156 g/mol. The van der Waals surface area contributed by atoms with Crippen LogP contribution in [0.2, 0.25) is 0 Å². The van der Waals surface area contributed by atoms with E-state index in [1.807, 2.05) is 13.1 Å². The van der Waals surface area contributed by atoms with Gasteiger partial charge in [0.2, 0.25) is 0 Å². The van der Waals surface area contributed by atoms with Crippen molar-refractivity contribution in [3.05, 3.63) is 18.0 Å². The van der Waals surface area contributed by atoms with Crippen molar-refractivity contribution in [1.29, 1.82) is 0 Å². The number of hydrogen-bond acceptors (Lipinski definition) is 3. The van der Waals surface area contributed by atoms with Crippen molar-refractivity contribution in [2.75, 3.05) is 7.11 Å².